The van der Waals surface area contributed by atoms with E-state index in [0.717, 1.165) is 0 Å². The Morgan fingerprint density at radius 1 is 1.24 bits per heavy atom. The van der Waals surface area contributed by atoms with Crippen molar-refractivity contribution in [3.05, 3.63) is 63.4 Å². The number of benzene rings is 2. The van der Waals surface area contributed by atoms with Gasteiger partial charge in [0.25, 0.3) is 0 Å². The summed E-state index contributed by atoms with van der Waals surface area (Å²) in [6.45, 7) is 0.188. The number of nitrogens with one attached hydrogen (secondary N) is 1. The Bertz CT molecular complexity index is 656. The van der Waals surface area contributed by atoms with Gasteiger partial charge in [0.05, 0.1) is 17.7 Å². The third-order valence-corrected chi connectivity index (χ3v) is 3.59. The van der Waals surface area contributed by atoms with Crippen molar-refractivity contribution in [2.45, 2.75) is 6.54 Å². The Hall–Kier alpha value is -1.78. The number of carbonyl (C=O) groups is 1. The zero-order chi connectivity index (χ0) is 15.4. The molecule has 1 N–H and O–H groups in total. The first-order valence-electron chi connectivity index (χ1n) is 6.07. The molecule has 0 atom stereocenters. The molecule has 2 rings (SSSR count). The molecule has 3 nitrogen and oxygen atoms in total. The number of hydrogen-bond acceptors (Lipinski definition) is 3. The quantitative estimate of drug-likeness (QED) is 0.838. The van der Waals surface area contributed by atoms with Crippen LogP contribution >= 0.6 is 23.2 Å². The molecule has 0 amide bonds. The first-order valence-corrected chi connectivity index (χ1v) is 6.83. The molecule has 0 aromatic heterocycles. The number of halogens is 3. The number of rotatable bonds is 4. The van der Waals surface area contributed by atoms with Gasteiger partial charge in [-0.1, -0.05) is 29.3 Å². The number of esters is 1. The van der Waals surface area contributed by atoms with Crippen molar-refractivity contribution < 1.29 is 13.9 Å². The second kappa shape index (κ2) is 6.78. The van der Waals surface area contributed by atoms with E-state index in [-0.39, 0.29) is 17.1 Å². The van der Waals surface area contributed by atoms with Crippen LogP contribution in [0.1, 0.15) is 15.9 Å². The summed E-state index contributed by atoms with van der Waals surface area (Å²) < 4.78 is 18.3. The van der Waals surface area contributed by atoms with Crippen LogP contribution in [0.5, 0.6) is 0 Å². The first kappa shape index (κ1) is 15.6. The number of methoxy groups -OCH3 is 1. The summed E-state index contributed by atoms with van der Waals surface area (Å²) in [5, 5.41) is 3.62. The van der Waals surface area contributed by atoms with Crippen LogP contribution in [0.2, 0.25) is 10.0 Å². The average molecular weight is 328 g/mol. The van der Waals surface area contributed by atoms with Crippen molar-refractivity contribution in [2.24, 2.45) is 0 Å². The summed E-state index contributed by atoms with van der Waals surface area (Å²) in [7, 11) is 1.28. The van der Waals surface area contributed by atoms with Crippen molar-refractivity contribution in [3.63, 3.8) is 0 Å². The highest BCUT2D eigenvalue weighted by Crippen LogP contribution is 2.24. The fraction of sp³-hybridized carbons (Fsp3) is 0.133. The molecule has 0 saturated heterocycles. The molecule has 0 saturated carbocycles. The van der Waals surface area contributed by atoms with Gasteiger partial charge in [0.2, 0.25) is 0 Å². The number of ether oxygens (including phenoxy) is 1. The molecular formula is C15H12Cl2FNO2. The molecule has 6 heteroatoms. The van der Waals surface area contributed by atoms with E-state index in [1.807, 2.05) is 0 Å². The zero-order valence-corrected chi connectivity index (χ0v) is 12.6. The second-order valence-electron chi connectivity index (χ2n) is 4.24. The zero-order valence-electron chi connectivity index (χ0n) is 11.1. The average Bonchev–Trinajstić information content (AvgIpc) is 2.47. The molecule has 0 unspecified atom stereocenters. The number of carbonyl (C=O) groups excluding carboxylic acids is 1. The van der Waals surface area contributed by atoms with Gasteiger partial charge in [0.1, 0.15) is 5.82 Å². The molecule has 0 aliphatic carbocycles. The fourth-order valence-electron chi connectivity index (χ4n) is 1.79. The summed E-state index contributed by atoms with van der Waals surface area (Å²) in [4.78, 5) is 11.6. The lowest BCUT2D eigenvalue weighted by Gasteiger charge is -2.11. The van der Waals surface area contributed by atoms with Crippen molar-refractivity contribution in [2.75, 3.05) is 12.4 Å². The third-order valence-electron chi connectivity index (χ3n) is 2.90. The minimum Gasteiger partial charge on any atom is -0.465 e. The SMILES string of the molecule is COC(=O)c1cc(NCc2c(F)cccc2Cl)ccc1Cl. The maximum atomic E-state index is 13.7. The van der Waals surface area contributed by atoms with Gasteiger partial charge in [0, 0.05) is 22.8 Å². The Labute approximate surface area is 131 Å². The maximum absolute atomic E-state index is 13.7. The summed E-state index contributed by atoms with van der Waals surface area (Å²) in [5.41, 5.74) is 1.21. The van der Waals surface area contributed by atoms with Crippen molar-refractivity contribution in [1.82, 2.24) is 0 Å². The standard InChI is InChI=1S/C15H12Cl2FNO2/c1-21-15(20)10-7-9(5-6-13(10)17)19-8-11-12(16)3-2-4-14(11)18/h2-7,19H,8H2,1H3. The molecule has 0 spiro atoms. The van der Waals surface area contributed by atoms with E-state index in [4.69, 9.17) is 23.2 Å². The Balaban J connectivity index is 2.19. The van der Waals surface area contributed by atoms with Crippen molar-refractivity contribution in [1.29, 1.82) is 0 Å². The van der Waals surface area contributed by atoms with E-state index < -0.39 is 11.8 Å². The first-order chi connectivity index (χ1) is 10.0. The molecule has 0 radical (unpaired) electrons. The van der Waals surface area contributed by atoms with Crippen LogP contribution in [0.3, 0.4) is 0 Å². The van der Waals surface area contributed by atoms with Gasteiger partial charge in [-0.3, -0.25) is 0 Å². The maximum Gasteiger partial charge on any atom is 0.339 e. The van der Waals surface area contributed by atoms with Crippen molar-refractivity contribution in [3.8, 4) is 0 Å². The predicted molar refractivity (Wildman–Crippen MR) is 81.5 cm³/mol. The van der Waals surface area contributed by atoms with E-state index in [0.29, 0.717) is 16.3 Å². The van der Waals surface area contributed by atoms with Crippen LogP contribution < -0.4 is 5.32 Å². The number of anilines is 1. The van der Waals surface area contributed by atoms with Gasteiger partial charge in [-0.05, 0) is 30.3 Å². The smallest absolute Gasteiger partial charge is 0.339 e. The van der Waals surface area contributed by atoms with Crippen LogP contribution in [-0.4, -0.2) is 13.1 Å². The Morgan fingerprint density at radius 3 is 2.67 bits per heavy atom. The molecule has 0 bridgehead atoms. The van der Waals surface area contributed by atoms with Gasteiger partial charge in [-0.25, -0.2) is 9.18 Å². The molecule has 2 aromatic rings. The lowest BCUT2D eigenvalue weighted by Crippen LogP contribution is -2.06. The van der Waals surface area contributed by atoms with Crippen LogP contribution in [0.25, 0.3) is 0 Å². The molecule has 0 heterocycles. The van der Waals surface area contributed by atoms with E-state index in [1.54, 1.807) is 30.3 Å². The summed E-state index contributed by atoms with van der Waals surface area (Å²) in [5.74, 6) is -0.926. The summed E-state index contributed by atoms with van der Waals surface area (Å²) in [6.07, 6.45) is 0. The lowest BCUT2D eigenvalue weighted by atomic mass is 10.1. The highest BCUT2D eigenvalue weighted by Gasteiger charge is 2.12. The van der Waals surface area contributed by atoms with Crippen LogP contribution in [0.15, 0.2) is 36.4 Å². The van der Waals surface area contributed by atoms with Crippen LogP contribution in [-0.2, 0) is 11.3 Å². The van der Waals surface area contributed by atoms with E-state index in [1.165, 1.54) is 13.2 Å². The van der Waals surface area contributed by atoms with Gasteiger partial charge in [0.15, 0.2) is 0 Å². The van der Waals surface area contributed by atoms with E-state index in [2.05, 4.69) is 10.1 Å². The van der Waals surface area contributed by atoms with E-state index >= 15 is 0 Å². The molecule has 0 aliphatic heterocycles. The van der Waals surface area contributed by atoms with Gasteiger partial charge < -0.3 is 10.1 Å². The third kappa shape index (κ3) is 3.65. The Kier molecular flexibility index (Phi) is 5.04. The molecule has 110 valence electrons. The second-order valence-corrected chi connectivity index (χ2v) is 5.05. The van der Waals surface area contributed by atoms with Gasteiger partial charge in [-0.15, -0.1) is 0 Å². The fourth-order valence-corrected chi connectivity index (χ4v) is 2.22. The lowest BCUT2D eigenvalue weighted by molar-refractivity contribution is 0.0601. The topological polar surface area (TPSA) is 38.3 Å². The van der Waals surface area contributed by atoms with Crippen LogP contribution in [0.4, 0.5) is 10.1 Å². The molecule has 2 aromatic carbocycles. The van der Waals surface area contributed by atoms with E-state index in [9.17, 15) is 9.18 Å². The molecule has 21 heavy (non-hydrogen) atoms. The normalized spacial score (nSPS) is 10.3. The molecule has 0 aliphatic rings. The molecule has 0 fully saturated rings. The van der Waals surface area contributed by atoms with Crippen LogP contribution in [0, 0.1) is 5.82 Å². The predicted octanol–water partition coefficient (Wildman–Crippen LogP) is 4.53. The molecular weight excluding hydrogens is 316 g/mol. The van der Waals surface area contributed by atoms with Crippen molar-refractivity contribution >= 4 is 34.9 Å². The number of hydrogen-bond donors (Lipinski definition) is 1. The Morgan fingerprint density at radius 2 is 2.00 bits per heavy atom. The largest absolute Gasteiger partial charge is 0.465 e. The monoisotopic (exact) mass is 327 g/mol. The summed E-state index contributed by atoms with van der Waals surface area (Å²) >= 11 is 11.9. The highest BCUT2D eigenvalue weighted by molar-refractivity contribution is 6.33. The highest BCUT2D eigenvalue weighted by atomic mass is 35.5. The minimum absolute atomic E-state index is 0.188. The van der Waals surface area contributed by atoms with Gasteiger partial charge in [-0.2, -0.15) is 0 Å². The van der Waals surface area contributed by atoms with Gasteiger partial charge >= 0.3 is 5.97 Å². The minimum atomic E-state index is -0.535. The summed E-state index contributed by atoms with van der Waals surface area (Å²) in [6, 6.07) is 9.29.